The highest BCUT2D eigenvalue weighted by atomic mass is 32.2. The van der Waals surface area contributed by atoms with Crippen LogP contribution in [0.25, 0.3) is 0 Å². The lowest BCUT2D eigenvalue weighted by molar-refractivity contribution is 0.156. The number of sulfone groups is 1. The number of likely N-dealkylation sites (tertiary alicyclic amines) is 1. The van der Waals surface area contributed by atoms with Crippen molar-refractivity contribution in [3.05, 3.63) is 0 Å². The van der Waals surface area contributed by atoms with E-state index in [1.54, 1.807) is 0 Å². The number of fused-ring (bicyclic) bond motifs is 1. The molecular weight excluding hydrogens is 248 g/mol. The van der Waals surface area contributed by atoms with Crippen molar-refractivity contribution in [3.8, 4) is 0 Å². The Bertz CT molecular complexity index is 409. The summed E-state index contributed by atoms with van der Waals surface area (Å²) in [7, 11) is -2.78. The van der Waals surface area contributed by atoms with Crippen LogP contribution in [0.2, 0.25) is 0 Å². The Labute approximate surface area is 110 Å². The maximum atomic E-state index is 11.8. The van der Waals surface area contributed by atoms with E-state index < -0.39 is 9.84 Å². The summed E-state index contributed by atoms with van der Waals surface area (Å²) in [5.74, 6) is 2.30. The molecule has 0 saturated carbocycles. The quantitative estimate of drug-likeness (QED) is 0.795. The van der Waals surface area contributed by atoms with E-state index in [-0.39, 0.29) is 0 Å². The molecule has 0 amide bonds. The molecule has 0 aromatic carbocycles. The average Bonchev–Trinajstić information content (AvgIpc) is 2.86. The Kier molecular flexibility index (Phi) is 3.41. The minimum Gasteiger partial charge on any atom is -0.316 e. The normalized spacial score (nSPS) is 44.1. The van der Waals surface area contributed by atoms with Crippen molar-refractivity contribution in [2.24, 2.45) is 11.8 Å². The summed E-state index contributed by atoms with van der Waals surface area (Å²) in [4.78, 5) is 2.53. The van der Waals surface area contributed by atoms with Crippen LogP contribution in [0.15, 0.2) is 0 Å². The van der Waals surface area contributed by atoms with Crippen molar-refractivity contribution in [1.29, 1.82) is 0 Å². The van der Waals surface area contributed by atoms with E-state index in [9.17, 15) is 8.42 Å². The first-order valence-electron chi connectivity index (χ1n) is 7.27. The molecule has 3 aliphatic heterocycles. The van der Waals surface area contributed by atoms with Crippen molar-refractivity contribution in [2.45, 2.75) is 38.3 Å². The van der Waals surface area contributed by atoms with Crippen LogP contribution in [0.4, 0.5) is 0 Å². The van der Waals surface area contributed by atoms with Crippen LogP contribution in [-0.2, 0) is 9.84 Å². The molecule has 4 nitrogen and oxygen atoms in total. The van der Waals surface area contributed by atoms with Crippen molar-refractivity contribution in [1.82, 2.24) is 10.2 Å². The van der Waals surface area contributed by atoms with E-state index in [0.717, 1.165) is 50.7 Å². The number of hydrogen-bond donors (Lipinski definition) is 1. The van der Waals surface area contributed by atoms with Gasteiger partial charge in [-0.25, -0.2) is 8.42 Å². The largest absolute Gasteiger partial charge is 0.316 e. The molecule has 3 rings (SSSR count). The lowest BCUT2D eigenvalue weighted by Crippen LogP contribution is -2.47. The van der Waals surface area contributed by atoms with Crippen LogP contribution in [0, 0.1) is 11.8 Å². The second kappa shape index (κ2) is 4.76. The van der Waals surface area contributed by atoms with Gasteiger partial charge in [-0.05, 0) is 44.2 Å². The van der Waals surface area contributed by atoms with Gasteiger partial charge in [0, 0.05) is 18.6 Å². The smallest absolute Gasteiger partial charge is 0.151 e. The first kappa shape index (κ1) is 12.9. The van der Waals surface area contributed by atoms with Gasteiger partial charge >= 0.3 is 0 Å². The molecule has 0 aromatic heterocycles. The molecule has 3 saturated heterocycles. The summed E-state index contributed by atoms with van der Waals surface area (Å²) in [6.45, 7) is 5.60. The summed E-state index contributed by atoms with van der Waals surface area (Å²) in [6, 6.07) is 0.891. The summed E-state index contributed by atoms with van der Waals surface area (Å²) in [6.07, 6.45) is 3.08. The number of hydrogen-bond acceptors (Lipinski definition) is 4. The fraction of sp³-hybridized carbons (Fsp3) is 1.00. The molecule has 0 aromatic rings. The van der Waals surface area contributed by atoms with Gasteiger partial charge < -0.3 is 5.32 Å². The summed E-state index contributed by atoms with van der Waals surface area (Å²) < 4.78 is 23.6. The van der Waals surface area contributed by atoms with Crippen molar-refractivity contribution >= 4 is 9.84 Å². The Morgan fingerprint density at radius 1 is 1.33 bits per heavy atom. The fourth-order valence-electron chi connectivity index (χ4n) is 4.27. The van der Waals surface area contributed by atoms with Crippen molar-refractivity contribution in [3.63, 3.8) is 0 Å². The van der Waals surface area contributed by atoms with Gasteiger partial charge in [0.1, 0.15) is 0 Å². The molecule has 4 unspecified atom stereocenters. The van der Waals surface area contributed by atoms with E-state index in [1.807, 2.05) is 0 Å². The minimum atomic E-state index is -2.78. The molecular formula is C13H24N2O2S. The Balaban J connectivity index is 1.75. The van der Waals surface area contributed by atoms with E-state index in [1.165, 1.54) is 0 Å². The first-order valence-corrected chi connectivity index (χ1v) is 9.10. The van der Waals surface area contributed by atoms with Crippen LogP contribution < -0.4 is 5.32 Å². The third-order valence-electron chi connectivity index (χ3n) is 5.08. The van der Waals surface area contributed by atoms with Gasteiger partial charge in [-0.2, -0.15) is 0 Å². The summed E-state index contributed by atoms with van der Waals surface area (Å²) in [5.41, 5.74) is 0. The van der Waals surface area contributed by atoms with Gasteiger partial charge in [0.05, 0.1) is 11.5 Å². The molecule has 4 atom stereocenters. The van der Waals surface area contributed by atoms with Gasteiger partial charge in [0.2, 0.25) is 0 Å². The molecule has 5 heteroatoms. The van der Waals surface area contributed by atoms with Crippen LogP contribution in [-0.4, -0.2) is 56.5 Å². The zero-order valence-corrected chi connectivity index (χ0v) is 12.0. The van der Waals surface area contributed by atoms with E-state index in [4.69, 9.17) is 0 Å². The highest BCUT2D eigenvalue weighted by Crippen LogP contribution is 2.37. The predicted molar refractivity (Wildman–Crippen MR) is 72.3 cm³/mol. The van der Waals surface area contributed by atoms with E-state index in [0.29, 0.717) is 23.6 Å². The topological polar surface area (TPSA) is 49.4 Å². The third kappa shape index (κ3) is 2.21. The lowest BCUT2D eigenvalue weighted by atomic mass is 9.92. The van der Waals surface area contributed by atoms with Gasteiger partial charge in [-0.3, -0.25) is 4.90 Å². The zero-order valence-electron chi connectivity index (χ0n) is 11.1. The lowest BCUT2D eigenvalue weighted by Gasteiger charge is -2.36. The van der Waals surface area contributed by atoms with E-state index in [2.05, 4.69) is 17.1 Å². The summed E-state index contributed by atoms with van der Waals surface area (Å²) in [5, 5.41) is 3.48. The van der Waals surface area contributed by atoms with Crippen molar-refractivity contribution in [2.75, 3.05) is 31.1 Å². The van der Waals surface area contributed by atoms with Crippen LogP contribution in [0.3, 0.4) is 0 Å². The maximum Gasteiger partial charge on any atom is 0.151 e. The Morgan fingerprint density at radius 3 is 2.89 bits per heavy atom. The zero-order chi connectivity index (χ0) is 12.8. The molecule has 3 heterocycles. The van der Waals surface area contributed by atoms with Crippen molar-refractivity contribution < 1.29 is 8.42 Å². The average molecular weight is 272 g/mol. The first-order chi connectivity index (χ1) is 8.61. The second-order valence-corrected chi connectivity index (χ2v) is 8.39. The molecule has 1 N–H and O–H groups in total. The van der Waals surface area contributed by atoms with Crippen LogP contribution in [0.1, 0.15) is 26.2 Å². The van der Waals surface area contributed by atoms with Crippen LogP contribution >= 0.6 is 0 Å². The minimum absolute atomic E-state index is 0.291. The van der Waals surface area contributed by atoms with Crippen LogP contribution in [0.5, 0.6) is 0 Å². The number of nitrogens with one attached hydrogen (secondary N) is 1. The predicted octanol–water partition coefficient (Wildman–Crippen LogP) is 0.493. The maximum absolute atomic E-state index is 11.8. The SMILES string of the molecule is CCC1C2CNCC2CN1C1CCCS(=O)(=O)C1. The van der Waals surface area contributed by atoms with E-state index >= 15 is 0 Å². The number of rotatable bonds is 2. The molecule has 0 bridgehead atoms. The standard InChI is InChI=1S/C13H24N2O2S/c1-2-13-12-7-14-6-10(12)8-15(13)11-4-3-5-18(16,17)9-11/h10-14H,2-9H2,1H3. The fourth-order valence-corrected chi connectivity index (χ4v) is 5.99. The van der Waals surface area contributed by atoms with Gasteiger partial charge in [0.25, 0.3) is 0 Å². The monoisotopic (exact) mass is 272 g/mol. The number of nitrogens with zero attached hydrogens (tertiary/aromatic N) is 1. The molecule has 0 radical (unpaired) electrons. The summed E-state index contributed by atoms with van der Waals surface area (Å²) >= 11 is 0. The molecule has 18 heavy (non-hydrogen) atoms. The van der Waals surface area contributed by atoms with Gasteiger partial charge in [-0.1, -0.05) is 6.92 Å². The highest BCUT2D eigenvalue weighted by molar-refractivity contribution is 7.91. The second-order valence-electron chi connectivity index (χ2n) is 6.16. The highest BCUT2D eigenvalue weighted by Gasteiger charge is 2.46. The molecule has 0 aliphatic carbocycles. The molecule has 3 fully saturated rings. The third-order valence-corrected chi connectivity index (χ3v) is 6.89. The molecule has 3 aliphatic rings. The van der Waals surface area contributed by atoms with Gasteiger partial charge in [0.15, 0.2) is 9.84 Å². The molecule has 104 valence electrons. The van der Waals surface area contributed by atoms with Gasteiger partial charge in [-0.15, -0.1) is 0 Å². The Morgan fingerprint density at radius 2 is 2.17 bits per heavy atom. The Hall–Kier alpha value is -0.130. The molecule has 0 spiro atoms.